The number of morpholine rings is 1. The molecule has 5 nitrogen and oxygen atoms in total. The minimum atomic E-state index is -0.270. The molecule has 0 radical (unpaired) electrons. The summed E-state index contributed by atoms with van der Waals surface area (Å²) in [6.07, 6.45) is 0.950. The van der Waals surface area contributed by atoms with E-state index in [1.54, 1.807) is 12.1 Å². The van der Waals surface area contributed by atoms with Crippen LogP contribution in [-0.2, 0) is 15.9 Å². The number of hydrogen-bond acceptors (Lipinski definition) is 4. The summed E-state index contributed by atoms with van der Waals surface area (Å²) in [7, 11) is 0. The Morgan fingerprint density at radius 2 is 1.76 bits per heavy atom. The van der Waals surface area contributed by atoms with E-state index in [9.17, 15) is 9.18 Å². The van der Waals surface area contributed by atoms with Crippen LogP contribution in [0.15, 0.2) is 54.6 Å². The van der Waals surface area contributed by atoms with E-state index in [0.717, 1.165) is 50.4 Å². The minimum absolute atomic E-state index is 0.0234. The topological polar surface area (TPSA) is 42.0 Å². The van der Waals surface area contributed by atoms with Crippen molar-refractivity contribution in [1.82, 2.24) is 9.80 Å². The highest BCUT2D eigenvalue weighted by Crippen LogP contribution is 2.30. The Morgan fingerprint density at radius 3 is 2.48 bits per heavy atom. The number of carbonyl (C=O) groups excluding carboxylic acids is 1. The van der Waals surface area contributed by atoms with Crippen LogP contribution in [0.25, 0.3) is 0 Å². The average Bonchev–Trinajstić information content (AvgIpc) is 3.11. The van der Waals surface area contributed by atoms with Gasteiger partial charge in [-0.25, -0.2) is 9.18 Å². The fourth-order valence-electron chi connectivity index (χ4n) is 4.09. The number of cyclic esters (lactones) is 1. The molecule has 154 valence electrons. The van der Waals surface area contributed by atoms with Crippen LogP contribution in [0.5, 0.6) is 0 Å². The van der Waals surface area contributed by atoms with Gasteiger partial charge in [-0.05, 0) is 29.7 Å². The van der Waals surface area contributed by atoms with Gasteiger partial charge in [0.1, 0.15) is 11.9 Å². The fourth-order valence-corrected chi connectivity index (χ4v) is 4.09. The van der Waals surface area contributed by atoms with Gasteiger partial charge in [-0.1, -0.05) is 42.5 Å². The molecule has 0 aliphatic carbocycles. The third-order valence-corrected chi connectivity index (χ3v) is 5.66. The summed E-state index contributed by atoms with van der Waals surface area (Å²) >= 11 is 0. The van der Waals surface area contributed by atoms with Gasteiger partial charge in [0.25, 0.3) is 0 Å². The second-order valence-electron chi connectivity index (χ2n) is 7.66. The van der Waals surface area contributed by atoms with Crippen LogP contribution < -0.4 is 0 Å². The molecule has 29 heavy (non-hydrogen) atoms. The van der Waals surface area contributed by atoms with Crippen molar-refractivity contribution in [2.24, 2.45) is 0 Å². The molecule has 2 fully saturated rings. The van der Waals surface area contributed by atoms with E-state index in [-0.39, 0.29) is 24.1 Å². The van der Waals surface area contributed by atoms with Gasteiger partial charge in [0.2, 0.25) is 0 Å². The molecule has 2 aliphatic rings. The van der Waals surface area contributed by atoms with Gasteiger partial charge >= 0.3 is 6.09 Å². The SMILES string of the molecule is O=C1OC(Cc2ccc(F)cc2)CN1C(CCN1CCOCC1)c1ccccc1. The first-order valence-corrected chi connectivity index (χ1v) is 10.3. The van der Waals surface area contributed by atoms with Crippen molar-refractivity contribution in [3.05, 3.63) is 71.5 Å². The Labute approximate surface area is 171 Å². The minimum Gasteiger partial charge on any atom is -0.444 e. The highest BCUT2D eigenvalue weighted by atomic mass is 19.1. The van der Waals surface area contributed by atoms with Crippen LogP contribution in [0.2, 0.25) is 0 Å². The van der Waals surface area contributed by atoms with Crippen LogP contribution >= 0.6 is 0 Å². The van der Waals surface area contributed by atoms with E-state index in [2.05, 4.69) is 17.0 Å². The molecule has 1 amide bonds. The van der Waals surface area contributed by atoms with E-state index in [1.165, 1.54) is 12.1 Å². The normalized spacial score (nSPS) is 21.2. The number of ether oxygens (including phenoxy) is 2. The molecular formula is C23H27FN2O3. The monoisotopic (exact) mass is 398 g/mol. The van der Waals surface area contributed by atoms with Gasteiger partial charge in [0.05, 0.1) is 25.8 Å². The fraction of sp³-hybridized carbons (Fsp3) is 0.435. The van der Waals surface area contributed by atoms with Gasteiger partial charge in [-0.3, -0.25) is 9.80 Å². The zero-order valence-corrected chi connectivity index (χ0v) is 16.5. The first kappa shape index (κ1) is 19.9. The molecule has 0 aromatic heterocycles. The van der Waals surface area contributed by atoms with Gasteiger partial charge in [0, 0.05) is 26.1 Å². The molecule has 2 saturated heterocycles. The van der Waals surface area contributed by atoms with E-state index < -0.39 is 0 Å². The number of hydrogen-bond donors (Lipinski definition) is 0. The highest BCUT2D eigenvalue weighted by molar-refractivity contribution is 5.70. The van der Waals surface area contributed by atoms with E-state index in [4.69, 9.17) is 9.47 Å². The molecule has 2 aromatic carbocycles. The summed E-state index contributed by atoms with van der Waals surface area (Å²) in [5.41, 5.74) is 2.09. The van der Waals surface area contributed by atoms with Crippen molar-refractivity contribution in [3.8, 4) is 0 Å². The second kappa shape index (κ2) is 9.37. The number of benzene rings is 2. The third kappa shape index (κ3) is 5.14. The van der Waals surface area contributed by atoms with Gasteiger partial charge in [-0.2, -0.15) is 0 Å². The second-order valence-corrected chi connectivity index (χ2v) is 7.66. The lowest BCUT2D eigenvalue weighted by Gasteiger charge is -2.31. The first-order valence-electron chi connectivity index (χ1n) is 10.3. The molecule has 2 aromatic rings. The van der Waals surface area contributed by atoms with E-state index >= 15 is 0 Å². The molecule has 2 unspecified atom stereocenters. The van der Waals surface area contributed by atoms with Crippen molar-refractivity contribution in [1.29, 1.82) is 0 Å². The summed E-state index contributed by atoms with van der Waals surface area (Å²) in [4.78, 5) is 16.9. The Balaban J connectivity index is 1.44. The molecule has 2 aliphatic heterocycles. The zero-order chi connectivity index (χ0) is 20.1. The quantitative estimate of drug-likeness (QED) is 0.714. The largest absolute Gasteiger partial charge is 0.444 e. The summed E-state index contributed by atoms with van der Waals surface area (Å²) < 4.78 is 24.2. The molecule has 4 rings (SSSR count). The van der Waals surface area contributed by atoms with Crippen LogP contribution in [0.1, 0.15) is 23.6 Å². The lowest BCUT2D eigenvalue weighted by Crippen LogP contribution is -2.39. The van der Waals surface area contributed by atoms with Crippen LogP contribution in [0.3, 0.4) is 0 Å². The van der Waals surface area contributed by atoms with Gasteiger partial charge in [-0.15, -0.1) is 0 Å². The van der Waals surface area contributed by atoms with Crippen LogP contribution in [0.4, 0.5) is 9.18 Å². The van der Waals surface area contributed by atoms with Crippen molar-refractivity contribution in [2.45, 2.75) is 25.0 Å². The van der Waals surface area contributed by atoms with Crippen molar-refractivity contribution >= 4 is 6.09 Å². The molecule has 0 bridgehead atoms. The Bertz CT molecular complexity index is 794. The van der Waals surface area contributed by atoms with Gasteiger partial charge in [0.15, 0.2) is 0 Å². The zero-order valence-electron chi connectivity index (χ0n) is 16.5. The standard InChI is InChI=1S/C23H27FN2O3/c24-20-8-6-18(7-9-20)16-21-17-26(23(27)29-21)22(19-4-2-1-3-5-19)10-11-25-12-14-28-15-13-25/h1-9,21-22H,10-17H2. The Morgan fingerprint density at radius 1 is 1.03 bits per heavy atom. The Hall–Kier alpha value is -2.44. The smallest absolute Gasteiger partial charge is 0.410 e. The van der Waals surface area contributed by atoms with E-state index in [1.807, 2.05) is 23.1 Å². The maximum Gasteiger partial charge on any atom is 0.410 e. The number of rotatable bonds is 7. The summed E-state index contributed by atoms with van der Waals surface area (Å²) in [5, 5.41) is 0. The third-order valence-electron chi connectivity index (χ3n) is 5.66. The number of nitrogens with zero attached hydrogens (tertiary/aromatic N) is 2. The maximum atomic E-state index is 13.2. The van der Waals surface area contributed by atoms with Crippen LogP contribution in [-0.4, -0.2) is 61.4 Å². The summed E-state index contributed by atoms with van der Waals surface area (Å²) in [5.74, 6) is -0.258. The predicted octanol–water partition coefficient (Wildman–Crippen LogP) is 3.65. The summed E-state index contributed by atoms with van der Waals surface area (Å²) in [6, 6.07) is 16.5. The number of carbonyl (C=O) groups is 1. The number of halogens is 1. The average molecular weight is 398 g/mol. The molecule has 0 spiro atoms. The lowest BCUT2D eigenvalue weighted by molar-refractivity contribution is 0.0341. The predicted molar refractivity (Wildman–Crippen MR) is 108 cm³/mol. The number of amides is 1. The lowest BCUT2D eigenvalue weighted by atomic mass is 10.0. The van der Waals surface area contributed by atoms with E-state index in [0.29, 0.717) is 13.0 Å². The first-order chi connectivity index (χ1) is 14.2. The van der Waals surface area contributed by atoms with Crippen LogP contribution in [0, 0.1) is 5.82 Å². The summed E-state index contributed by atoms with van der Waals surface area (Å²) in [6.45, 7) is 4.84. The molecule has 6 heteroatoms. The van der Waals surface area contributed by atoms with Gasteiger partial charge < -0.3 is 9.47 Å². The molecule has 2 atom stereocenters. The highest BCUT2D eigenvalue weighted by Gasteiger charge is 2.36. The molecule has 2 heterocycles. The van der Waals surface area contributed by atoms with Crippen molar-refractivity contribution in [2.75, 3.05) is 39.4 Å². The maximum absolute atomic E-state index is 13.2. The molecule has 0 N–H and O–H groups in total. The van der Waals surface area contributed by atoms with Crippen molar-refractivity contribution in [3.63, 3.8) is 0 Å². The molecular weight excluding hydrogens is 371 g/mol. The molecule has 0 saturated carbocycles. The van der Waals surface area contributed by atoms with Crippen molar-refractivity contribution < 1.29 is 18.7 Å². The Kier molecular flexibility index (Phi) is 6.42.